The molecular formula is C31H26ClN. The van der Waals surface area contributed by atoms with E-state index in [1.165, 1.54) is 0 Å². The van der Waals surface area contributed by atoms with E-state index in [9.17, 15) is 0 Å². The van der Waals surface area contributed by atoms with Gasteiger partial charge in [0.25, 0.3) is 0 Å². The Labute approximate surface area is 201 Å². The van der Waals surface area contributed by atoms with Gasteiger partial charge in [-0.1, -0.05) is 109 Å². The van der Waals surface area contributed by atoms with Crippen LogP contribution >= 0.6 is 11.6 Å². The summed E-state index contributed by atoms with van der Waals surface area (Å²) in [5.74, 6) is 0. The third-order valence-corrected chi connectivity index (χ3v) is 5.75. The molecule has 4 aromatic rings. The van der Waals surface area contributed by atoms with Crippen molar-refractivity contribution in [2.24, 2.45) is 0 Å². The predicted octanol–water partition coefficient (Wildman–Crippen LogP) is 9.56. The molecule has 0 heterocycles. The summed E-state index contributed by atoms with van der Waals surface area (Å²) < 4.78 is 0. The molecule has 2 heteroatoms. The number of benzene rings is 4. The van der Waals surface area contributed by atoms with Crippen LogP contribution in [0.2, 0.25) is 5.02 Å². The van der Waals surface area contributed by atoms with Crippen LogP contribution in [0.3, 0.4) is 0 Å². The SMILES string of the molecule is C=C(/C=C\C=C/C)c1ccccc1Nc1ccc(-c2ccc(Cl)c(-c3ccccc3)c2)cc1. The lowest BCUT2D eigenvalue weighted by Gasteiger charge is -2.13. The molecule has 0 atom stereocenters. The minimum Gasteiger partial charge on any atom is -0.355 e. The second kappa shape index (κ2) is 10.7. The van der Waals surface area contributed by atoms with Crippen molar-refractivity contribution < 1.29 is 0 Å². The van der Waals surface area contributed by atoms with Crippen molar-refractivity contribution in [2.75, 3.05) is 5.32 Å². The third kappa shape index (κ3) is 5.52. The van der Waals surface area contributed by atoms with Crippen LogP contribution in [0.1, 0.15) is 12.5 Å². The summed E-state index contributed by atoms with van der Waals surface area (Å²) in [5, 5.41) is 4.29. The smallest absolute Gasteiger partial charge is 0.0484 e. The molecule has 0 aliphatic rings. The molecule has 0 fully saturated rings. The van der Waals surface area contributed by atoms with Crippen LogP contribution in [0.4, 0.5) is 11.4 Å². The highest BCUT2D eigenvalue weighted by molar-refractivity contribution is 6.33. The molecule has 0 radical (unpaired) electrons. The van der Waals surface area contributed by atoms with Crippen LogP contribution < -0.4 is 5.32 Å². The van der Waals surface area contributed by atoms with Crippen molar-refractivity contribution in [2.45, 2.75) is 6.92 Å². The summed E-state index contributed by atoms with van der Waals surface area (Å²) in [6, 6.07) is 33.1. The Kier molecular flexibility index (Phi) is 7.24. The Hall–Kier alpha value is -3.81. The average molecular weight is 448 g/mol. The number of nitrogens with one attached hydrogen (secondary N) is 1. The number of hydrogen-bond acceptors (Lipinski definition) is 1. The number of anilines is 2. The molecule has 0 spiro atoms. The van der Waals surface area contributed by atoms with E-state index in [0.29, 0.717) is 0 Å². The van der Waals surface area contributed by atoms with Gasteiger partial charge in [-0.05, 0) is 59.5 Å². The first kappa shape index (κ1) is 22.4. The van der Waals surface area contributed by atoms with Crippen LogP contribution in [0.15, 0.2) is 128 Å². The summed E-state index contributed by atoms with van der Waals surface area (Å²) in [7, 11) is 0. The van der Waals surface area contributed by atoms with Crippen molar-refractivity contribution in [1.29, 1.82) is 0 Å². The third-order valence-electron chi connectivity index (χ3n) is 5.42. The maximum Gasteiger partial charge on any atom is 0.0484 e. The molecule has 4 rings (SSSR count). The van der Waals surface area contributed by atoms with Gasteiger partial charge in [0.1, 0.15) is 0 Å². The highest BCUT2D eigenvalue weighted by Crippen LogP contribution is 2.33. The number of halogens is 1. The molecule has 0 saturated carbocycles. The Balaban J connectivity index is 1.57. The molecule has 0 amide bonds. The van der Waals surface area contributed by atoms with Crippen molar-refractivity contribution >= 4 is 28.5 Å². The zero-order chi connectivity index (χ0) is 23.0. The van der Waals surface area contributed by atoms with Crippen molar-refractivity contribution in [3.8, 4) is 22.3 Å². The first-order chi connectivity index (χ1) is 16.2. The lowest BCUT2D eigenvalue weighted by Crippen LogP contribution is -1.94. The largest absolute Gasteiger partial charge is 0.355 e. The van der Waals surface area contributed by atoms with Crippen molar-refractivity contribution in [3.63, 3.8) is 0 Å². The normalized spacial score (nSPS) is 11.2. The lowest BCUT2D eigenvalue weighted by molar-refractivity contribution is 1.51. The maximum absolute atomic E-state index is 6.49. The fraction of sp³-hybridized carbons (Fsp3) is 0.0323. The Morgan fingerprint density at radius 3 is 2.21 bits per heavy atom. The van der Waals surface area contributed by atoms with Crippen LogP contribution in [-0.4, -0.2) is 0 Å². The number of rotatable bonds is 7. The van der Waals surface area contributed by atoms with Crippen LogP contribution in [0, 0.1) is 0 Å². The number of allylic oxidation sites excluding steroid dienone is 5. The molecule has 33 heavy (non-hydrogen) atoms. The highest BCUT2D eigenvalue weighted by Gasteiger charge is 2.08. The maximum atomic E-state index is 6.49. The monoisotopic (exact) mass is 447 g/mol. The number of para-hydroxylation sites is 1. The van der Waals surface area contributed by atoms with Gasteiger partial charge in [0.2, 0.25) is 0 Å². The molecule has 0 bridgehead atoms. The molecular weight excluding hydrogens is 422 g/mol. The molecule has 0 saturated heterocycles. The molecule has 162 valence electrons. The summed E-state index contributed by atoms with van der Waals surface area (Å²) in [6.07, 6.45) is 8.02. The van der Waals surface area contributed by atoms with E-state index in [-0.39, 0.29) is 0 Å². The van der Waals surface area contributed by atoms with Gasteiger partial charge in [-0.3, -0.25) is 0 Å². The van der Waals surface area contributed by atoms with E-state index in [1.54, 1.807) is 0 Å². The topological polar surface area (TPSA) is 12.0 Å². The first-order valence-electron chi connectivity index (χ1n) is 11.0. The second-order valence-corrected chi connectivity index (χ2v) is 8.13. The molecule has 0 aliphatic carbocycles. The molecule has 1 nitrogen and oxygen atoms in total. The Morgan fingerprint density at radius 2 is 1.45 bits per heavy atom. The van der Waals surface area contributed by atoms with E-state index in [4.69, 9.17) is 11.6 Å². The molecule has 0 aromatic heterocycles. The lowest BCUT2D eigenvalue weighted by atomic mass is 9.99. The van der Waals surface area contributed by atoms with Crippen molar-refractivity contribution in [3.05, 3.63) is 139 Å². The zero-order valence-corrected chi connectivity index (χ0v) is 19.4. The minimum absolute atomic E-state index is 0.753. The first-order valence-corrected chi connectivity index (χ1v) is 11.3. The zero-order valence-electron chi connectivity index (χ0n) is 18.6. The standard InChI is InChI=1S/C31H26ClN/c1-3-4-6-11-23(2)28-14-9-10-15-31(28)33-27-19-16-24(17-20-27)26-18-21-30(32)29(22-26)25-12-7-5-8-13-25/h3-22,33H,2H2,1H3/b4-3-,11-6-. The van der Waals surface area contributed by atoms with Crippen LogP contribution in [0.5, 0.6) is 0 Å². The van der Waals surface area contributed by atoms with Gasteiger partial charge in [-0.15, -0.1) is 0 Å². The highest BCUT2D eigenvalue weighted by atomic mass is 35.5. The van der Waals surface area contributed by atoms with E-state index in [1.807, 2.05) is 67.6 Å². The summed E-state index contributed by atoms with van der Waals surface area (Å²) in [6.45, 7) is 6.22. The van der Waals surface area contributed by atoms with E-state index in [2.05, 4.69) is 72.6 Å². The van der Waals surface area contributed by atoms with Gasteiger partial charge in [0, 0.05) is 27.5 Å². The average Bonchev–Trinajstić information content (AvgIpc) is 2.86. The fourth-order valence-corrected chi connectivity index (χ4v) is 3.92. The van der Waals surface area contributed by atoms with Gasteiger partial charge in [-0.2, -0.15) is 0 Å². The van der Waals surface area contributed by atoms with Gasteiger partial charge in [0.05, 0.1) is 0 Å². The Morgan fingerprint density at radius 1 is 0.758 bits per heavy atom. The van der Waals surface area contributed by atoms with E-state index >= 15 is 0 Å². The molecule has 1 N–H and O–H groups in total. The quantitative estimate of drug-likeness (QED) is 0.278. The van der Waals surface area contributed by atoms with Crippen LogP contribution in [-0.2, 0) is 0 Å². The van der Waals surface area contributed by atoms with Gasteiger partial charge in [-0.25, -0.2) is 0 Å². The molecule has 0 unspecified atom stereocenters. The van der Waals surface area contributed by atoms with Crippen LogP contribution in [0.25, 0.3) is 27.8 Å². The fourth-order valence-electron chi connectivity index (χ4n) is 3.69. The van der Waals surface area contributed by atoms with E-state index in [0.717, 1.165) is 49.8 Å². The molecule has 4 aromatic carbocycles. The summed E-state index contributed by atoms with van der Waals surface area (Å²) in [4.78, 5) is 0. The minimum atomic E-state index is 0.753. The Bertz CT molecular complexity index is 1300. The summed E-state index contributed by atoms with van der Waals surface area (Å²) in [5.41, 5.74) is 8.51. The second-order valence-electron chi connectivity index (χ2n) is 7.72. The molecule has 0 aliphatic heterocycles. The predicted molar refractivity (Wildman–Crippen MR) is 145 cm³/mol. The van der Waals surface area contributed by atoms with Crippen molar-refractivity contribution in [1.82, 2.24) is 0 Å². The van der Waals surface area contributed by atoms with Gasteiger partial charge >= 0.3 is 0 Å². The van der Waals surface area contributed by atoms with Gasteiger partial charge in [0.15, 0.2) is 0 Å². The van der Waals surface area contributed by atoms with Gasteiger partial charge < -0.3 is 5.32 Å². The van der Waals surface area contributed by atoms with E-state index < -0.39 is 0 Å². The summed E-state index contributed by atoms with van der Waals surface area (Å²) >= 11 is 6.49. The number of hydrogen-bond donors (Lipinski definition) is 1.